The van der Waals surface area contributed by atoms with Crippen molar-refractivity contribution in [1.29, 1.82) is 0 Å². The molecule has 0 atom stereocenters. The molecule has 4 nitrogen and oxygen atoms in total. The molecule has 8 heteroatoms. The molecule has 1 saturated carbocycles. The zero-order chi connectivity index (χ0) is 13.3. The van der Waals surface area contributed by atoms with E-state index in [1.165, 1.54) is 0 Å². The average Bonchev–Trinajstić information content (AvgIpc) is 2.27. The maximum absolute atomic E-state index is 12.5. The van der Waals surface area contributed by atoms with Crippen LogP contribution in [0, 0.1) is 10.7 Å². The zero-order valence-corrected chi connectivity index (χ0v) is 10.3. The van der Waals surface area contributed by atoms with Crippen molar-refractivity contribution in [1.82, 2.24) is 15.0 Å². The fraction of sp³-hybridized carbons (Fsp3) is 0.700. The number of nitrogens with zero attached hydrogens (tertiary/aromatic N) is 2. The number of hydrogen-bond acceptors (Lipinski definition) is 4. The SMILES string of the molecule is Nc1nc(=S)nc(C2CCC(C(F)(F)F)CC2)[nH]1. The molecule has 3 N–H and O–H groups in total. The number of nitrogens with two attached hydrogens (primary N) is 1. The summed E-state index contributed by atoms with van der Waals surface area (Å²) in [5.41, 5.74) is 5.51. The summed E-state index contributed by atoms with van der Waals surface area (Å²) in [5.74, 6) is -0.539. The van der Waals surface area contributed by atoms with E-state index >= 15 is 0 Å². The molecule has 1 aromatic rings. The van der Waals surface area contributed by atoms with Crippen molar-refractivity contribution in [3.8, 4) is 0 Å². The first-order valence-electron chi connectivity index (χ1n) is 5.66. The van der Waals surface area contributed by atoms with E-state index in [0.29, 0.717) is 18.7 Å². The van der Waals surface area contributed by atoms with E-state index in [9.17, 15) is 13.2 Å². The number of nitrogen functional groups attached to an aromatic ring is 1. The van der Waals surface area contributed by atoms with Gasteiger partial charge in [0.2, 0.25) is 10.7 Å². The smallest absolute Gasteiger partial charge is 0.369 e. The Morgan fingerprint density at radius 2 is 1.78 bits per heavy atom. The van der Waals surface area contributed by atoms with Crippen LogP contribution in [-0.4, -0.2) is 21.1 Å². The lowest BCUT2D eigenvalue weighted by atomic mass is 9.81. The van der Waals surface area contributed by atoms with E-state index in [2.05, 4.69) is 15.0 Å². The maximum Gasteiger partial charge on any atom is 0.391 e. The molecule has 100 valence electrons. The second-order valence-electron chi connectivity index (χ2n) is 4.49. The summed E-state index contributed by atoms with van der Waals surface area (Å²) >= 11 is 4.84. The van der Waals surface area contributed by atoms with Gasteiger partial charge in [0.05, 0.1) is 5.92 Å². The van der Waals surface area contributed by atoms with Crippen molar-refractivity contribution in [2.24, 2.45) is 5.92 Å². The van der Waals surface area contributed by atoms with Crippen LogP contribution in [0.3, 0.4) is 0 Å². The van der Waals surface area contributed by atoms with Crippen molar-refractivity contribution in [2.75, 3.05) is 5.73 Å². The summed E-state index contributed by atoms with van der Waals surface area (Å²) in [6.45, 7) is 0. The first-order chi connectivity index (χ1) is 8.36. The highest BCUT2D eigenvalue weighted by Crippen LogP contribution is 2.42. The topological polar surface area (TPSA) is 67.6 Å². The van der Waals surface area contributed by atoms with Gasteiger partial charge in [-0.2, -0.15) is 18.2 Å². The highest BCUT2D eigenvalue weighted by Gasteiger charge is 2.41. The summed E-state index contributed by atoms with van der Waals surface area (Å²) < 4.78 is 37.7. The second kappa shape index (κ2) is 4.83. The number of anilines is 1. The van der Waals surface area contributed by atoms with Gasteiger partial charge in [-0.25, -0.2) is 4.98 Å². The van der Waals surface area contributed by atoms with E-state index < -0.39 is 12.1 Å². The van der Waals surface area contributed by atoms with E-state index in [0.717, 1.165) is 0 Å². The summed E-state index contributed by atoms with van der Waals surface area (Å²) in [6, 6.07) is 0. The monoisotopic (exact) mass is 278 g/mol. The fourth-order valence-corrected chi connectivity index (χ4v) is 2.50. The molecule has 0 radical (unpaired) electrons. The first-order valence-corrected chi connectivity index (χ1v) is 6.07. The van der Waals surface area contributed by atoms with E-state index in [1.54, 1.807) is 0 Å². The molecule has 2 rings (SSSR count). The molecule has 0 aromatic carbocycles. The van der Waals surface area contributed by atoms with Crippen LogP contribution in [0.4, 0.5) is 19.1 Å². The van der Waals surface area contributed by atoms with Gasteiger partial charge in [-0.15, -0.1) is 0 Å². The lowest BCUT2D eigenvalue weighted by Gasteiger charge is -2.29. The maximum atomic E-state index is 12.5. The zero-order valence-electron chi connectivity index (χ0n) is 9.50. The van der Waals surface area contributed by atoms with Gasteiger partial charge in [0.15, 0.2) is 0 Å². The van der Waals surface area contributed by atoms with Crippen LogP contribution in [-0.2, 0) is 0 Å². The van der Waals surface area contributed by atoms with Crippen LogP contribution in [0.5, 0.6) is 0 Å². The summed E-state index contributed by atoms with van der Waals surface area (Å²) in [6.07, 6.45) is -2.97. The van der Waals surface area contributed by atoms with Gasteiger partial charge in [-0.1, -0.05) is 0 Å². The minimum Gasteiger partial charge on any atom is -0.369 e. The molecule has 1 aliphatic carbocycles. The molecule has 1 heterocycles. The Bertz CT molecular complexity index is 477. The van der Waals surface area contributed by atoms with Crippen molar-refractivity contribution < 1.29 is 13.2 Å². The average molecular weight is 278 g/mol. The third kappa shape index (κ3) is 2.98. The number of halogens is 3. The van der Waals surface area contributed by atoms with Gasteiger partial charge < -0.3 is 10.7 Å². The first kappa shape index (κ1) is 13.3. The van der Waals surface area contributed by atoms with Crippen LogP contribution >= 0.6 is 12.2 Å². The number of hydrogen-bond donors (Lipinski definition) is 2. The highest BCUT2D eigenvalue weighted by molar-refractivity contribution is 7.71. The third-order valence-electron chi connectivity index (χ3n) is 3.27. The predicted molar refractivity (Wildman–Crippen MR) is 62.4 cm³/mol. The van der Waals surface area contributed by atoms with Crippen molar-refractivity contribution in [3.63, 3.8) is 0 Å². The molecule has 0 aliphatic heterocycles. The molecule has 1 aromatic heterocycles. The normalized spacial score (nSPS) is 25.1. The van der Waals surface area contributed by atoms with Crippen LogP contribution in [0.15, 0.2) is 0 Å². The van der Waals surface area contributed by atoms with Gasteiger partial charge in [0.1, 0.15) is 5.82 Å². The van der Waals surface area contributed by atoms with Crippen LogP contribution < -0.4 is 5.73 Å². The molecule has 0 spiro atoms. The number of nitrogens with one attached hydrogen (secondary N) is 1. The molecule has 0 amide bonds. The largest absolute Gasteiger partial charge is 0.391 e. The van der Waals surface area contributed by atoms with E-state index in [4.69, 9.17) is 18.0 Å². The summed E-state index contributed by atoms with van der Waals surface area (Å²) in [7, 11) is 0. The molecule has 18 heavy (non-hydrogen) atoms. The molecule has 1 fully saturated rings. The standard InChI is InChI=1S/C10H13F3N4S/c11-10(12,13)6-3-1-5(2-4-6)7-15-8(14)17-9(18)16-7/h5-6H,1-4H2,(H3,14,15,16,17,18). The van der Waals surface area contributed by atoms with Gasteiger partial charge >= 0.3 is 6.18 Å². The number of alkyl halides is 3. The minimum atomic E-state index is -4.09. The lowest BCUT2D eigenvalue weighted by Crippen LogP contribution is -2.27. The summed E-state index contributed by atoms with van der Waals surface area (Å²) in [4.78, 5) is 10.5. The fourth-order valence-electron chi connectivity index (χ4n) is 2.31. The van der Waals surface area contributed by atoms with Crippen molar-refractivity contribution in [2.45, 2.75) is 37.8 Å². The number of rotatable bonds is 1. The number of H-pyrrole nitrogens is 1. The van der Waals surface area contributed by atoms with Crippen molar-refractivity contribution >= 4 is 18.2 Å². The quantitative estimate of drug-likeness (QED) is 0.775. The predicted octanol–water partition coefficient (Wildman–Crippen LogP) is 2.95. The highest BCUT2D eigenvalue weighted by atomic mass is 32.1. The molecule has 0 saturated heterocycles. The Labute approximate surface area is 107 Å². The van der Waals surface area contributed by atoms with Gasteiger partial charge in [-0.05, 0) is 37.9 Å². The number of aromatic amines is 1. The lowest BCUT2D eigenvalue weighted by molar-refractivity contribution is -0.182. The Balaban J connectivity index is 2.08. The van der Waals surface area contributed by atoms with Crippen LogP contribution in [0.2, 0.25) is 0 Å². The van der Waals surface area contributed by atoms with Gasteiger partial charge in [0.25, 0.3) is 0 Å². The van der Waals surface area contributed by atoms with Crippen molar-refractivity contribution in [3.05, 3.63) is 10.6 Å². The molecule has 0 unspecified atom stereocenters. The minimum absolute atomic E-state index is 0.0457. The summed E-state index contributed by atoms with van der Waals surface area (Å²) in [5, 5.41) is 0. The molecule has 0 bridgehead atoms. The second-order valence-corrected chi connectivity index (χ2v) is 4.86. The van der Waals surface area contributed by atoms with E-state index in [-0.39, 0.29) is 29.5 Å². The van der Waals surface area contributed by atoms with Gasteiger partial charge in [-0.3, -0.25) is 0 Å². The molecule has 1 aliphatic rings. The Kier molecular flexibility index (Phi) is 3.56. The Morgan fingerprint density at radius 3 is 2.28 bits per heavy atom. The Morgan fingerprint density at radius 1 is 1.17 bits per heavy atom. The van der Waals surface area contributed by atoms with Crippen LogP contribution in [0.25, 0.3) is 0 Å². The Hall–Kier alpha value is -1.18. The van der Waals surface area contributed by atoms with Gasteiger partial charge in [0, 0.05) is 5.92 Å². The van der Waals surface area contributed by atoms with E-state index in [1.807, 2.05) is 0 Å². The molecular formula is C10H13F3N4S. The van der Waals surface area contributed by atoms with Crippen LogP contribution in [0.1, 0.15) is 37.4 Å². The third-order valence-corrected chi connectivity index (χ3v) is 3.45. The molecular weight excluding hydrogens is 265 g/mol. The number of aromatic nitrogens is 3.